The number of hydrogen-bond acceptors (Lipinski definition) is 5. The van der Waals surface area contributed by atoms with Gasteiger partial charge in [0.15, 0.2) is 0 Å². The molecule has 3 aromatic rings. The van der Waals surface area contributed by atoms with Crippen molar-refractivity contribution >= 4 is 17.5 Å². The maximum atomic E-state index is 13.8. The summed E-state index contributed by atoms with van der Waals surface area (Å²) in [4.78, 5) is 23.7. The van der Waals surface area contributed by atoms with Crippen LogP contribution in [0.3, 0.4) is 0 Å². The maximum absolute atomic E-state index is 13.8. The average Bonchev–Trinajstić information content (AvgIpc) is 3.15. The summed E-state index contributed by atoms with van der Waals surface area (Å²) in [5.41, 5.74) is 2.12. The Hall–Kier alpha value is -3.87. The van der Waals surface area contributed by atoms with Gasteiger partial charge in [0, 0.05) is 23.5 Å². The van der Waals surface area contributed by atoms with Gasteiger partial charge in [-0.25, -0.2) is 4.79 Å². The zero-order valence-electron chi connectivity index (χ0n) is 14.5. The minimum absolute atomic E-state index is 0.0667. The third-order valence-corrected chi connectivity index (χ3v) is 4.19. The van der Waals surface area contributed by atoms with Crippen LogP contribution in [0, 0.1) is 0 Å². The van der Waals surface area contributed by atoms with E-state index in [2.05, 4.69) is 15.0 Å². The van der Waals surface area contributed by atoms with Crippen LogP contribution in [0.1, 0.15) is 15.9 Å². The van der Waals surface area contributed by atoms with E-state index < -0.39 is 11.9 Å². The number of aliphatic imine (C=N–C) groups is 1. The highest BCUT2D eigenvalue weighted by atomic mass is 19.1. The lowest BCUT2D eigenvalue weighted by atomic mass is 10.0. The standard InChI is InChI=1S/C21H14FN3O3/c22-20-16(6-7-25-20)13-4-5-19(17(11-13)21(26)27)28-15-3-1-2-14(10-15)18-12-23-8-9-24-18/h1-6,8-12H,7H2,(H,26,27). The summed E-state index contributed by atoms with van der Waals surface area (Å²) in [5.74, 6) is -1.16. The molecule has 138 valence electrons. The second-order valence-electron chi connectivity index (χ2n) is 5.99. The molecule has 0 bridgehead atoms. The molecular weight excluding hydrogens is 361 g/mol. The van der Waals surface area contributed by atoms with E-state index in [4.69, 9.17) is 4.74 Å². The molecule has 0 saturated carbocycles. The molecule has 0 radical (unpaired) electrons. The molecule has 0 saturated heterocycles. The molecule has 1 aliphatic rings. The number of ether oxygens (including phenoxy) is 1. The first kappa shape index (κ1) is 17.5. The van der Waals surface area contributed by atoms with Gasteiger partial charge in [0.25, 0.3) is 0 Å². The number of halogens is 1. The SMILES string of the molecule is O=C(O)c1cc(C2=CCN=C2F)ccc1Oc1cccc(-c2cnccn2)c1. The van der Waals surface area contributed by atoms with Crippen LogP contribution in [-0.2, 0) is 0 Å². The van der Waals surface area contributed by atoms with Gasteiger partial charge in [0.05, 0.1) is 18.4 Å². The van der Waals surface area contributed by atoms with E-state index in [1.807, 2.05) is 6.07 Å². The first-order valence-corrected chi connectivity index (χ1v) is 8.44. The number of rotatable bonds is 5. The Labute approximate surface area is 159 Å². The molecule has 6 nitrogen and oxygen atoms in total. The van der Waals surface area contributed by atoms with Crippen LogP contribution in [0.4, 0.5) is 4.39 Å². The van der Waals surface area contributed by atoms with Crippen LogP contribution in [0.2, 0.25) is 0 Å². The van der Waals surface area contributed by atoms with Crippen molar-refractivity contribution in [2.24, 2.45) is 4.99 Å². The molecule has 0 amide bonds. The molecule has 0 aliphatic carbocycles. The van der Waals surface area contributed by atoms with E-state index in [9.17, 15) is 14.3 Å². The van der Waals surface area contributed by atoms with Gasteiger partial charge < -0.3 is 9.84 Å². The number of nitrogens with zero attached hydrogens (tertiary/aromatic N) is 3. The zero-order chi connectivity index (χ0) is 19.5. The lowest BCUT2D eigenvalue weighted by molar-refractivity contribution is 0.0694. The monoisotopic (exact) mass is 375 g/mol. The Bertz CT molecular complexity index is 1110. The van der Waals surface area contributed by atoms with Crippen LogP contribution >= 0.6 is 0 Å². The number of aromatic carboxylic acids is 1. The highest BCUT2D eigenvalue weighted by Crippen LogP contribution is 2.31. The summed E-state index contributed by atoms with van der Waals surface area (Å²) in [7, 11) is 0. The molecule has 0 atom stereocenters. The van der Waals surface area contributed by atoms with Crippen LogP contribution in [-0.4, -0.2) is 33.6 Å². The fourth-order valence-corrected chi connectivity index (χ4v) is 2.87. The highest BCUT2D eigenvalue weighted by Gasteiger charge is 2.19. The molecular formula is C21H14FN3O3. The Morgan fingerprint density at radius 1 is 1.11 bits per heavy atom. The molecule has 1 aliphatic heterocycles. The van der Waals surface area contributed by atoms with Gasteiger partial charge in [-0.05, 0) is 29.8 Å². The minimum atomic E-state index is -1.17. The molecule has 1 N–H and O–H groups in total. The van der Waals surface area contributed by atoms with Crippen molar-refractivity contribution in [2.45, 2.75) is 0 Å². The first-order valence-electron chi connectivity index (χ1n) is 8.44. The van der Waals surface area contributed by atoms with Gasteiger partial charge in [-0.1, -0.05) is 24.3 Å². The second-order valence-corrected chi connectivity index (χ2v) is 5.99. The number of benzene rings is 2. The van der Waals surface area contributed by atoms with Crippen LogP contribution in [0.15, 0.2) is 72.1 Å². The van der Waals surface area contributed by atoms with Crippen molar-refractivity contribution in [3.63, 3.8) is 0 Å². The summed E-state index contributed by atoms with van der Waals surface area (Å²) < 4.78 is 19.6. The van der Waals surface area contributed by atoms with Crippen molar-refractivity contribution in [2.75, 3.05) is 6.54 Å². The van der Waals surface area contributed by atoms with E-state index in [1.165, 1.54) is 12.1 Å². The van der Waals surface area contributed by atoms with Gasteiger partial charge in [-0.15, -0.1) is 0 Å². The molecule has 2 aromatic carbocycles. The number of carboxylic acid groups (broad SMARTS) is 1. The summed E-state index contributed by atoms with van der Waals surface area (Å²) in [6.45, 7) is 0.247. The molecule has 2 heterocycles. The predicted octanol–water partition coefficient (Wildman–Crippen LogP) is 4.40. The Morgan fingerprint density at radius 3 is 2.71 bits per heavy atom. The third kappa shape index (κ3) is 3.50. The van der Waals surface area contributed by atoms with Gasteiger partial charge in [-0.3, -0.25) is 15.0 Å². The van der Waals surface area contributed by atoms with E-state index >= 15 is 0 Å². The third-order valence-electron chi connectivity index (χ3n) is 4.19. The van der Waals surface area contributed by atoms with Crippen LogP contribution in [0.5, 0.6) is 11.5 Å². The summed E-state index contributed by atoms with van der Waals surface area (Å²) in [6, 6.07) is 11.6. The van der Waals surface area contributed by atoms with Crippen molar-refractivity contribution in [1.29, 1.82) is 0 Å². The molecule has 1 aromatic heterocycles. The lowest BCUT2D eigenvalue weighted by Crippen LogP contribution is -2.02. The largest absolute Gasteiger partial charge is 0.478 e. The van der Waals surface area contributed by atoms with E-state index in [-0.39, 0.29) is 17.9 Å². The van der Waals surface area contributed by atoms with E-state index in [0.29, 0.717) is 22.6 Å². The lowest BCUT2D eigenvalue weighted by Gasteiger charge is -2.12. The summed E-state index contributed by atoms with van der Waals surface area (Å²) >= 11 is 0. The summed E-state index contributed by atoms with van der Waals surface area (Å²) in [5, 5.41) is 9.57. The van der Waals surface area contributed by atoms with Crippen LogP contribution < -0.4 is 4.74 Å². The Balaban J connectivity index is 1.67. The van der Waals surface area contributed by atoms with E-state index in [0.717, 1.165) is 5.56 Å². The van der Waals surface area contributed by atoms with Gasteiger partial charge in [-0.2, -0.15) is 4.39 Å². The molecule has 28 heavy (non-hydrogen) atoms. The van der Waals surface area contributed by atoms with Crippen molar-refractivity contribution in [3.8, 4) is 22.8 Å². The van der Waals surface area contributed by atoms with Crippen molar-refractivity contribution < 1.29 is 19.0 Å². The van der Waals surface area contributed by atoms with E-state index in [1.54, 1.807) is 48.9 Å². The smallest absolute Gasteiger partial charge is 0.339 e. The van der Waals surface area contributed by atoms with Gasteiger partial charge in [0.1, 0.15) is 17.1 Å². The van der Waals surface area contributed by atoms with Gasteiger partial charge >= 0.3 is 5.97 Å². The topological polar surface area (TPSA) is 84.7 Å². The summed E-state index contributed by atoms with van der Waals surface area (Å²) in [6.07, 6.45) is 6.41. The number of carboxylic acids is 1. The number of carbonyl (C=O) groups is 1. The first-order chi connectivity index (χ1) is 13.6. The molecule has 4 rings (SSSR count). The number of aromatic nitrogens is 2. The van der Waals surface area contributed by atoms with Crippen LogP contribution in [0.25, 0.3) is 16.8 Å². The highest BCUT2D eigenvalue weighted by molar-refractivity contribution is 6.20. The molecule has 0 fully saturated rings. The van der Waals surface area contributed by atoms with Crippen molar-refractivity contribution in [1.82, 2.24) is 9.97 Å². The number of hydrogen-bond donors (Lipinski definition) is 1. The fourth-order valence-electron chi connectivity index (χ4n) is 2.87. The quantitative estimate of drug-likeness (QED) is 0.714. The Kier molecular flexibility index (Phi) is 4.63. The van der Waals surface area contributed by atoms with Crippen molar-refractivity contribution in [3.05, 3.63) is 78.3 Å². The number of allylic oxidation sites excluding steroid dienone is 1. The Morgan fingerprint density at radius 2 is 2.00 bits per heavy atom. The molecule has 0 unspecified atom stereocenters. The zero-order valence-corrected chi connectivity index (χ0v) is 14.5. The average molecular weight is 375 g/mol. The minimum Gasteiger partial charge on any atom is -0.478 e. The van der Waals surface area contributed by atoms with Gasteiger partial charge in [0.2, 0.25) is 5.97 Å². The predicted molar refractivity (Wildman–Crippen MR) is 102 cm³/mol. The fraction of sp³-hybridized carbons (Fsp3) is 0.0476. The normalized spacial score (nSPS) is 13.0. The second kappa shape index (κ2) is 7.40. The maximum Gasteiger partial charge on any atom is 0.339 e. The molecule has 7 heteroatoms. The molecule has 0 spiro atoms.